The molecule has 0 aliphatic heterocycles. The Morgan fingerprint density at radius 2 is 2.06 bits per heavy atom. The minimum Gasteiger partial charge on any atom is -0.497 e. The van der Waals surface area contributed by atoms with Gasteiger partial charge in [0.05, 0.1) is 14.2 Å². The largest absolute Gasteiger partial charge is 0.497 e. The van der Waals surface area contributed by atoms with E-state index in [2.05, 4.69) is 10.3 Å². The van der Waals surface area contributed by atoms with Crippen molar-refractivity contribution in [3.8, 4) is 22.8 Å². The van der Waals surface area contributed by atoms with Gasteiger partial charge in [-0.05, 0) is 18.2 Å². The van der Waals surface area contributed by atoms with Crippen LogP contribution in [0.2, 0.25) is 0 Å². The summed E-state index contributed by atoms with van der Waals surface area (Å²) in [6.07, 6.45) is 1.57. The van der Waals surface area contributed by atoms with Gasteiger partial charge in [-0.25, -0.2) is 0 Å². The number of rotatable bonds is 4. The third kappa shape index (κ3) is 2.18. The summed E-state index contributed by atoms with van der Waals surface area (Å²) >= 11 is 0. The molecule has 1 heterocycles. The summed E-state index contributed by atoms with van der Waals surface area (Å²) in [6.45, 7) is 0. The van der Waals surface area contributed by atoms with Gasteiger partial charge in [-0.1, -0.05) is 0 Å². The zero-order valence-electron chi connectivity index (χ0n) is 9.98. The number of oxazole rings is 1. The van der Waals surface area contributed by atoms with Crippen LogP contribution in [0.5, 0.6) is 11.5 Å². The molecule has 0 amide bonds. The molecule has 17 heavy (non-hydrogen) atoms. The van der Waals surface area contributed by atoms with Crippen molar-refractivity contribution in [2.75, 3.05) is 26.6 Å². The maximum atomic E-state index is 5.28. The van der Waals surface area contributed by atoms with Gasteiger partial charge in [0, 0.05) is 12.6 Å². The van der Waals surface area contributed by atoms with Crippen molar-refractivity contribution in [1.29, 1.82) is 0 Å². The fourth-order valence-corrected chi connectivity index (χ4v) is 1.53. The third-order valence-corrected chi connectivity index (χ3v) is 2.40. The number of methoxy groups -OCH3 is 2. The van der Waals surface area contributed by atoms with Gasteiger partial charge in [0.1, 0.15) is 23.5 Å². The lowest BCUT2D eigenvalue weighted by molar-refractivity contribution is 0.404. The monoisotopic (exact) mass is 234 g/mol. The Bertz CT molecular complexity index is 508. The van der Waals surface area contributed by atoms with Gasteiger partial charge in [0.15, 0.2) is 0 Å². The second kappa shape index (κ2) is 4.78. The van der Waals surface area contributed by atoms with Gasteiger partial charge in [0.25, 0.3) is 6.01 Å². The molecule has 2 rings (SSSR count). The molecule has 0 radical (unpaired) electrons. The summed E-state index contributed by atoms with van der Waals surface area (Å²) in [5.74, 6) is 1.47. The highest BCUT2D eigenvalue weighted by atomic mass is 16.5. The van der Waals surface area contributed by atoms with E-state index in [1.54, 1.807) is 27.5 Å². The Morgan fingerprint density at radius 1 is 1.24 bits per heavy atom. The summed E-state index contributed by atoms with van der Waals surface area (Å²) in [5, 5.41) is 2.83. The molecule has 0 aliphatic rings. The topological polar surface area (TPSA) is 56.5 Å². The Kier molecular flexibility index (Phi) is 3.18. The summed E-state index contributed by atoms with van der Waals surface area (Å²) in [7, 11) is 4.98. The van der Waals surface area contributed by atoms with Crippen molar-refractivity contribution in [2.24, 2.45) is 0 Å². The minimum atomic E-state index is 0.463. The van der Waals surface area contributed by atoms with Crippen molar-refractivity contribution < 1.29 is 13.9 Å². The van der Waals surface area contributed by atoms with E-state index in [4.69, 9.17) is 13.9 Å². The van der Waals surface area contributed by atoms with Crippen molar-refractivity contribution in [2.45, 2.75) is 0 Å². The molecule has 0 spiro atoms. The second-order valence-corrected chi connectivity index (χ2v) is 3.35. The van der Waals surface area contributed by atoms with Crippen LogP contribution in [0, 0.1) is 0 Å². The molecule has 2 aromatic rings. The third-order valence-electron chi connectivity index (χ3n) is 2.40. The summed E-state index contributed by atoms with van der Waals surface area (Å²) in [5.41, 5.74) is 1.53. The summed E-state index contributed by atoms with van der Waals surface area (Å²) in [6, 6.07) is 5.99. The highest BCUT2D eigenvalue weighted by Crippen LogP contribution is 2.33. The first-order chi connectivity index (χ1) is 8.28. The van der Waals surface area contributed by atoms with E-state index in [0.717, 1.165) is 17.1 Å². The first-order valence-electron chi connectivity index (χ1n) is 5.14. The second-order valence-electron chi connectivity index (χ2n) is 3.35. The molecule has 1 aromatic carbocycles. The Hall–Kier alpha value is -2.17. The van der Waals surface area contributed by atoms with Crippen LogP contribution < -0.4 is 14.8 Å². The minimum absolute atomic E-state index is 0.463. The van der Waals surface area contributed by atoms with E-state index in [9.17, 15) is 0 Å². The number of nitrogens with one attached hydrogen (secondary N) is 1. The van der Waals surface area contributed by atoms with Crippen LogP contribution in [0.4, 0.5) is 6.01 Å². The van der Waals surface area contributed by atoms with Crippen LogP contribution in [-0.4, -0.2) is 26.3 Å². The maximum Gasteiger partial charge on any atom is 0.294 e. The summed E-state index contributed by atoms with van der Waals surface area (Å²) in [4.78, 5) is 4.27. The molecule has 5 heteroatoms. The molecule has 0 atom stereocenters. The van der Waals surface area contributed by atoms with Crippen molar-refractivity contribution >= 4 is 6.01 Å². The number of anilines is 1. The quantitative estimate of drug-likeness (QED) is 0.880. The average Bonchev–Trinajstić information content (AvgIpc) is 2.86. The van der Waals surface area contributed by atoms with Crippen LogP contribution in [-0.2, 0) is 0 Å². The molecule has 90 valence electrons. The number of hydrogen-bond donors (Lipinski definition) is 1. The Labute approximate surface area is 99.4 Å². The molecule has 0 aliphatic carbocycles. The Balaban J connectivity index is 2.47. The van der Waals surface area contributed by atoms with E-state index in [-0.39, 0.29) is 0 Å². The van der Waals surface area contributed by atoms with Crippen molar-refractivity contribution in [3.05, 3.63) is 24.5 Å². The molecule has 0 saturated heterocycles. The lowest BCUT2D eigenvalue weighted by Gasteiger charge is -2.07. The predicted octanol–water partition coefficient (Wildman–Crippen LogP) is 2.40. The van der Waals surface area contributed by atoms with E-state index in [0.29, 0.717) is 11.7 Å². The fourth-order valence-electron chi connectivity index (χ4n) is 1.53. The maximum absolute atomic E-state index is 5.28. The Morgan fingerprint density at radius 3 is 2.65 bits per heavy atom. The molecule has 0 fully saturated rings. The highest BCUT2D eigenvalue weighted by molar-refractivity contribution is 5.69. The van der Waals surface area contributed by atoms with Crippen LogP contribution in [0.3, 0.4) is 0 Å². The molecule has 5 nitrogen and oxygen atoms in total. The number of ether oxygens (including phenoxy) is 2. The molecule has 0 bridgehead atoms. The van der Waals surface area contributed by atoms with Crippen LogP contribution in [0.25, 0.3) is 11.3 Å². The number of nitrogens with zero attached hydrogens (tertiary/aromatic N) is 1. The van der Waals surface area contributed by atoms with E-state index >= 15 is 0 Å². The highest BCUT2D eigenvalue weighted by Gasteiger charge is 2.11. The van der Waals surface area contributed by atoms with E-state index in [1.165, 1.54) is 0 Å². The van der Waals surface area contributed by atoms with E-state index in [1.807, 2.05) is 18.2 Å². The molecule has 0 unspecified atom stereocenters. The van der Waals surface area contributed by atoms with E-state index < -0.39 is 0 Å². The molecule has 0 saturated carbocycles. The van der Waals surface area contributed by atoms with Gasteiger partial charge in [-0.2, -0.15) is 4.98 Å². The molecular weight excluding hydrogens is 220 g/mol. The van der Waals surface area contributed by atoms with Crippen LogP contribution in [0.1, 0.15) is 0 Å². The van der Waals surface area contributed by atoms with Crippen molar-refractivity contribution in [1.82, 2.24) is 4.98 Å². The van der Waals surface area contributed by atoms with Gasteiger partial charge in [-0.3, -0.25) is 0 Å². The zero-order valence-corrected chi connectivity index (χ0v) is 9.98. The van der Waals surface area contributed by atoms with Gasteiger partial charge >= 0.3 is 0 Å². The predicted molar refractivity (Wildman–Crippen MR) is 64.6 cm³/mol. The fraction of sp³-hybridized carbons (Fsp3) is 0.250. The number of aromatic nitrogens is 1. The van der Waals surface area contributed by atoms with Gasteiger partial charge in [0.2, 0.25) is 0 Å². The first kappa shape index (κ1) is 11.3. The van der Waals surface area contributed by atoms with Crippen LogP contribution >= 0.6 is 0 Å². The first-order valence-corrected chi connectivity index (χ1v) is 5.14. The van der Waals surface area contributed by atoms with Crippen molar-refractivity contribution in [3.63, 3.8) is 0 Å². The summed E-state index contributed by atoms with van der Waals surface area (Å²) < 4.78 is 15.7. The average molecular weight is 234 g/mol. The smallest absolute Gasteiger partial charge is 0.294 e. The number of hydrogen-bond acceptors (Lipinski definition) is 5. The SMILES string of the molecule is CNc1nc(-c2cc(OC)ccc2OC)co1. The lowest BCUT2D eigenvalue weighted by Crippen LogP contribution is -1.91. The van der Waals surface area contributed by atoms with Gasteiger partial charge < -0.3 is 19.2 Å². The normalized spacial score (nSPS) is 10.1. The lowest BCUT2D eigenvalue weighted by atomic mass is 10.1. The molecule has 1 N–H and O–H groups in total. The number of benzene rings is 1. The zero-order chi connectivity index (χ0) is 12.3. The van der Waals surface area contributed by atoms with Crippen LogP contribution in [0.15, 0.2) is 28.9 Å². The van der Waals surface area contributed by atoms with Gasteiger partial charge in [-0.15, -0.1) is 0 Å². The standard InChI is InChI=1S/C12H14N2O3/c1-13-12-14-10(7-17-12)9-6-8(15-2)4-5-11(9)16-3/h4-7H,1-3H3,(H,13,14). The molecule has 1 aromatic heterocycles. The molecular formula is C12H14N2O3.